The van der Waals surface area contributed by atoms with E-state index in [4.69, 9.17) is 4.74 Å². The van der Waals surface area contributed by atoms with Gasteiger partial charge in [0.25, 0.3) is 0 Å². The van der Waals surface area contributed by atoms with Gasteiger partial charge in [0.15, 0.2) is 21.2 Å². The molecule has 1 aliphatic carbocycles. The summed E-state index contributed by atoms with van der Waals surface area (Å²) < 4.78 is 57.1. The number of Topliss-reactive ketones (excluding diaryl/α,β-unsaturated/α-hetero) is 1. The van der Waals surface area contributed by atoms with E-state index < -0.39 is 50.1 Å². The van der Waals surface area contributed by atoms with E-state index in [1.54, 1.807) is 26.0 Å². The molecule has 160 valence electrons. The number of benzene rings is 2. The maximum Gasteiger partial charge on any atom is 0.328 e. The van der Waals surface area contributed by atoms with E-state index in [0.29, 0.717) is 24.5 Å². The second-order valence-corrected chi connectivity index (χ2v) is 9.83. The summed E-state index contributed by atoms with van der Waals surface area (Å²) in [5.74, 6) is -3.81. The minimum Gasteiger partial charge on any atom is -0.456 e. The van der Waals surface area contributed by atoms with Crippen molar-refractivity contribution in [2.24, 2.45) is 0 Å². The number of hydrogen-bond acceptors (Lipinski definition) is 5. The Morgan fingerprint density at radius 1 is 1.03 bits per heavy atom. The molecule has 2 aromatic rings. The van der Waals surface area contributed by atoms with E-state index in [-0.39, 0.29) is 17.7 Å². The second-order valence-electron chi connectivity index (χ2n) is 7.60. The Bertz CT molecular complexity index is 1100. The number of carbonyl (C=O) groups is 2. The van der Waals surface area contributed by atoms with Crippen LogP contribution in [0.15, 0.2) is 41.3 Å². The SMILES string of the molecule is Cc1ccc(C)c(S(=O)(=O)C2(C(=O)OCC(=O)c3ccc(F)cc3F)CCCC2)c1. The summed E-state index contributed by atoms with van der Waals surface area (Å²) in [4.78, 5) is 25.2. The molecular formula is C22H22F2O5S. The van der Waals surface area contributed by atoms with Crippen molar-refractivity contribution in [1.29, 1.82) is 0 Å². The fraction of sp³-hybridized carbons (Fsp3) is 0.364. The smallest absolute Gasteiger partial charge is 0.328 e. The van der Waals surface area contributed by atoms with Crippen molar-refractivity contribution in [2.75, 3.05) is 6.61 Å². The molecular weight excluding hydrogens is 414 g/mol. The van der Waals surface area contributed by atoms with Crippen LogP contribution in [0.2, 0.25) is 0 Å². The standard InChI is InChI=1S/C22H22F2O5S/c1-14-5-6-15(2)20(11-14)30(27,28)22(9-3-4-10-22)21(26)29-13-19(25)17-8-7-16(23)12-18(17)24/h5-8,11-12H,3-4,9-10,13H2,1-2H3. The lowest BCUT2D eigenvalue weighted by Gasteiger charge is -2.27. The summed E-state index contributed by atoms with van der Waals surface area (Å²) in [6.07, 6.45) is 1.22. The van der Waals surface area contributed by atoms with Crippen molar-refractivity contribution < 1.29 is 31.5 Å². The normalized spacial score (nSPS) is 15.7. The van der Waals surface area contributed by atoms with E-state index in [1.807, 2.05) is 0 Å². The van der Waals surface area contributed by atoms with Crippen LogP contribution in [0, 0.1) is 25.5 Å². The molecule has 1 saturated carbocycles. The quantitative estimate of drug-likeness (QED) is 0.503. The number of hydrogen-bond donors (Lipinski definition) is 0. The van der Waals surface area contributed by atoms with Crippen LogP contribution in [0.3, 0.4) is 0 Å². The van der Waals surface area contributed by atoms with Gasteiger partial charge in [-0.1, -0.05) is 25.0 Å². The summed E-state index contributed by atoms with van der Waals surface area (Å²) >= 11 is 0. The van der Waals surface area contributed by atoms with Gasteiger partial charge < -0.3 is 4.74 Å². The van der Waals surface area contributed by atoms with Crippen LogP contribution in [0.5, 0.6) is 0 Å². The molecule has 0 radical (unpaired) electrons. The first-order valence-electron chi connectivity index (χ1n) is 9.56. The summed E-state index contributed by atoms with van der Waals surface area (Å²) in [5.41, 5.74) is 0.828. The molecule has 3 rings (SSSR count). The number of rotatable bonds is 6. The zero-order valence-electron chi connectivity index (χ0n) is 16.7. The molecule has 0 atom stereocenters. The monoisotopic (exact) mass is 436 g/mol. The van der Waals surface area contributed by atoms with Crippen molar-refractivity contribution in [1.82, 2.24) is 0 Å². The molecule has 0 N–H and O–H groups in total. The van der Waals surface area contributed by atoms with Gasteiger partial charge in [0, 0.05) is 6.07 Å². The number of sulfone groups is 1. The number of ether oxygens (including phenoxy) is 1. The fourth-order valence-corrected chi connectivity index (χ4v) is 6.15. The third kappa shape index (κ3) is 3.88. The maximum absolute atomic E-state index is 13.8. The van der Waals surface area contributed by atoms with E-state index in [9.17, 15) is 26.8 Å². The average Bonchev–Trinajstić information content (AvgIpc) is 3.19. The van der Waals surface area contributed by atoms with E-state index in [2.05, 4.69) is 0 Å². The summed E-state index contributed by atoms with van der Waals surface area (Å²) in [5, 5.41) is 0. The van der Waals surface area contributed by atoms with Crippen LogP contribution < -0.4 is 0 Å². The van der Waals surface area contributed by atoms with Gasteiger partial charge in [-0.25, -0.2) is 17.2 Å². The zero-order valence-corrected chi connectivity index (χ0v) is 17.5. The van der Waals surface area contributed by atoms with Crippen molar-refractivity contribution in [3.8, 4) is 0 Å². The minimum absolute atomic E-state index is 0.0669. The molecule has 0 unspecified atom stereocenters. The van der Waals surface area contributed by atoms with Gasteiger partial charge in [-0.15, -0.1) is 0 Å². The van der Waals surface area contributed by atoms with Crippen molar-refractivity contribution in [3.63, 3.8) is 0 Å². The average molecular weight is 436 g/mol. The van der Waals surface area contributed by atoms with Crippen LogP contribution in [0.4, 0.5) is 8.78 Å². The van der Waals surface area contributed by atoms with Crippen LogP contribution >= 0.6 is 0 Å². The lowest BCUT2D eigenvalue weighted by molar-refractivity contribution is -0.145. The molecule has 0 aromatic heterocycles. The van der Waals surface area contributed by atoms with Gasteiger partial charge in [0.05, 0.1) is 10.5 Å². The van der Waals surface area contributed by atoms with Crippen LogP contribution in [-0.4, -0.2) is 31.5 Å². The molecule has 0 amide bonds. The topological polar surface area (TPSA) is 77.5 Å². The lowest BCUT2D eigenvalue weighted by atomic mass is 10.1. The predicted molar refractivity (Wildman–Crippen MR) is 106 cm³/mol. The summed E-state index contributed by atoms with van der Waals surface area (Å²) in [6, 6.07) is 7.41. The van der Waals surface area contributed by atoms with Gasteiger partial charge >= 0.3 is 5.97 Å². The molecule has 8 heteroatoms. The van der Waals surface area contributed by atoms with Crippen LogP contribution in [0.1, 0.15) is 47.2 Å². The Balaban J connectivity index is 1.87. The number of halogens is 2. The van der Waals surface area contributed by atoms with Gasteiger partial charge in [0.2, 0.25) is 5.78 Å². The maximum atomic E-state index is 13.8. The molecule has 2 aromatic carbocycles. The van der Waals surface area contributed by atoms with Crippen LogP contribution in [0.25, 0.3) is 0 Å². The van der Waals surface area contributed by atoms with Gasteiger partial charge in [0.1, 0.15) is 11.6 Å². The second kappa shape index (κ2) is 8.26. The van der Waals surface area contributed by atoms with E-state index >= 15 is 0 Å². The van der Waals surface area contributed by atoms with Crippen LogP contribution in [-0.2, 0) is 19.4 Å². The number of aryl methyl sites for hydroxylation is 2. The first kappa shape index (κ1) is 22.1. The van der Waals surface area contributed by atoms with Gasteiger partial charge in [-0.3, -0.25) is 9.59 Å². The first-order valence-corrected chi connectivity index (χ1v) is 11.0. The Hall–Kier alpha value is -2.61. The Labute approximate surface area is 174 Å². The highest BCUT2D eigenvalue weighted by Gasteiger charge is 2.54. The number of ketones is 1. The highest BCUT2D eigenvalue weighted by atomic mass is 32.2. The lowest BCUT2D eigenvalue weighted by Crippen LogP contribution is -2.46. The largest absolute Gasteiger partial charge is 0.456 e. The molecule has 1 aliphatic rings. The van der Waals surface area contributed by atoms with Crippen molar-refractivity contribution in [3.05, 3.63) is 64.7 Å². The zero-order chi connectivity index (χ0) is 22.1. The molecule has 0 bridgehead atoms. The molecule has 30 heavy (non-hydrogen) atoms. The van der Waals surface area contributed by atoms with E-state index in [1.165, 1.54) is 6.07 Å². The number of carbonyl (C=O) groups excluding carboxylic acids is 2. The van der Waals surface area contributed by atoms with Crippen molar-refractivity contribution in [2.45, 2.75) is 49.2 Å². The Morgan fingerprint density at radius 2 is 1.70 bits per heavy atom. The number of esters is 1. The first-order chi connectivity index (χ1) is 14.1. The molecule has 0 aliphatic heterocycles. The van der Waals surface area contributed by atoms with Crippen molar-refractivity contribution >= 4 is 21.6 Å². The third-order valence-electron chi connectivity index (χ3n) is 5.50. The molecule has 1 fully saturated rings. The predicted octanol–water partition coefficient (Wildman–Crippen LogP) is 4.09. The van der Waals surface area contributed by atoms with Gasteiger partial charge in [-0.2, -0.15) is 0 Å². The van der Waals surface area contributed by atoms with Gasteiger partial charge in [-0.05, 0) is 56.0 Å². The third-order valence-corrected chi connectivity index (χ3v) is 8.12. The molecule has 0 spiro atoms. The highest BCUT2D eigenvalue weighted by molar-refractivity contribution is 7.93. The summed E-state index contributed by atoms with van der Waals surface area (Å²) in [7, 11) is -4.09. The molecule has 0 saturated heterocycles. The molecule has 5 nitrogen and oxygen atoms in total. The van der Waals surface area contributed by atoms with E-state index in [0.717, 1.165) is 17.7 Å². The Morgan fingerprint density at radius 3 is 2.33 bits per heavy atom. The summed E-state index contributed by atoms with van der Waals surface area (Å²) in [6.45, 7) is 2.58. The molecule has 0 heterocycles. The Kier molecular flexibility index (Phi) is 6.08. The highest BCUT2D eigenvalue weighted by Crippen LogP contribution is 2.42. The fourth-order valence-electron chi connectivity index (χ4n) is 3.79. The minimum atomic E-state index is -4.09.